The van der Waals surface area contributed by atoms with Crippen LogP contribution >= 0.6 is 11.6 Å². The smallest absolute Gasteiger partial charge is 0.338 e. The van der Waals surface area contributed by atoms with Crippen molar-refractivity contribution >= 4 is 34.7 Å². The van der Waals surface area contributed by atoms with Crippen LogP contribution in [0.15, 0.2) is 54.7 Å². The van der Waals surface area contributed by atoms with Gasteiger partial charge in [0.25, 0.3) is 0 Å². The Bertz CT molecular complexity index is 885. The van der Waals surface area contributed by atoms with E-state index in [1.54, 1.807) is 24.3 Å². The van der Waals surface area contributed by atoms with Gasteiger partial charge in [0, 0.05) is 5.69 Å². The van der Waals surface area contributed by atoms with Crippen molar-refractivity contribution in [1.82, 2.24) is 15.2 Å². The average molecular weight is 366 g/mol. The minimum atomic E-state index is -4.43. The van der Waals surface area contributed by atoms with Crippen LogP contribution in [0.3, 0.4) is 0 Å². The van der Waals surface area contributed by atoms with Crippen molar-refractivity contribution in [3.05, 3.63) is 65.3 Å². The molecule has 3 rings (SSSR count). The van der Waals surface area contributed by atoms with E-state index in [0.29, 0.717) is 16.5 Å². The maximum absolute atomic E-state index is 12.8. The van der Waals surface area contributed by atoms with Crippen molar-refractivity contribution in [2.45, 2.75) is 6.18 Å². The van der Waals surface area contributed by atoms with Crippen molar-refractivity contribution in [1.29, 1.82) is 0 Å². The van der Waals surface area contributed by atoms with Gasteiger partial charge in [-0.1, -0.05) is 29.8 Å². The van der Waals surface area contributed by atoms with Crippen molar-refractivity contribution in [2.75, 3.05) is 10.6 Å². The van der Waals surface area contributed by atoms with Crippen LogP contribution in [0.5, 0.6) is 0 Å². The van der Waals surface area contributed by atoms with Crippen LogP contribution in [0.1, 0.15) is 5.56 Å². The van der Waals surface area contributed by atoms with Crippen molar-refractivity contribution in [2.24, 2.45) is 0 Å². The van der Waals surface area contributed by atoms with Crippen LogP contribution in [0.2, 0.25) is 5.02 Å². The number of hydrogen-bond donors (Lipinski definition) is 2. The van der Waals surface area contributed by atoms with E-state index < -0.39 is 11.7 Å². The topological polar surface area (TPSA) is 62.7 Å². The van der Waals surface area contributed by atoms with Gasteiger partial charge in [-0.2, -0.15) is 23.3 Å². The SMILES string of the molecule is FC(F)(F)c1cccc(Nc2nncc(Nc3ccccc3Cl)n2)c1. The van der Waals surface area contributed by atoms with Gasteiger partial charge in [-0.05, 0) is 30.3 Å². The third-order valence-corrected chi connectivity index (χ3v) is 3.47. The number of halogens is 4. The first-order valence-electron chi connectivity index (χ1n) is 7.07. The number of nitrogens with zero attached hydrogens (tertiary/aromatic N) is 3. The lowest BCUT2D eigenvalue weighted by atomic mass is 10.2. The van der Waals surface area contributed by atoms with Gasteiger partial charge in [0.15, 0.2) is 5.82 Å². The molecular formula is C16H11ClF3N5. The van der Waals surface area contributed by atoms with Crippen molar-refractivity contribution < 1.29 is 13.2 Å². The van der Waals surface area contributed by atoms with Crippen LogP contribution in [-0.2, 0) is 6.18 Å². The van der Waals surface area contributed by atoms with Crippen molar-refractivity contribution in [3.8, 4) is 0 Å². The summed E-state index contributed by atoms with van der Waals surface area (Å²) in [4.78, 5) is 4.16. The number of hydrogen-bond acceptors (Lipinski definition) is 5. The molecule has 9 heteroatoms. The lowest BCUT2D eigenvalue weighted by Gasteiger charge is -2.10. The molecule has 2 aromatic carbocycles. The highest BCUT2D eigenvalue weighted by Gasteiger charge is 2.30. The molecule has 1 heterocycles. The van der Waals surface area contributed by atoms with E-state index in [9.17, 15) is 13.2 Å². The molecule has 2 N–H and O–H groups in total. The molecule has 0 radical (unpaired) electrons. The summed E-state index contributed by atoms with van der Waals surface area (Å²) in [5.74, 6) is 0.397. The normalized spacial score (nSPS) is 11.2. The molecule has 0 saturated heterocycles. The Hall–Kier alpha value is -2.87. The molecular weight excluding hydrogens is 355 g/mol. The molecule has 128 valence electrons. The fraction of sp³-hybridized carbons (Fsp3) is 0.0625. The van der Waals surface area contributed by atoms with E-state index >= 15 is 0 Å². The molecule has 0 aliphatic carbocycles. The molecule has 0 amide bonds. The Kier molecular flexibility index (Phi) is 4.71. The number of aromatic nitrogens is 3. The molecule has 0 unspecified atom stereocenters. The number of para-hydroxylation sites is 1. The molecule has 25 heavy (non-hydrogen) atoms. The molecule has 0 aliphatic heterocycles. The molecule has 0 bridgehead atoms. The third kappa shape index (κ3) is 4.36. The quantitative estimate of drug-likeness (QED) is 0.679. The number of anilines is 4. The van der Waals surface area contributed by atoms with Gasteiger partial charge >= 0.3 is 6.18 Å². The maximum atomic E-state index is 12.8. The zero-order valence-electron chi connectivity index (χ0n) is 12.5. The first-order valence-corrected chi connectivity index (χ1v) is 7.45. The average Bonchev–Trinajstić information content (AvgIpc) is 2.57. The summed E-state index contributed by atoms with van der Waals surface area (Å²) in [7, 11) is 0. The molecule has 5 nitrogen and oxygen atoms in total. The number of alkyl halides is 3. The third-order valence-electron chi connectivity index (χ3n) is 3.14. The largest absolute Gasteiger partial charge is 0.416 e. The van der Waals surface area contributed by atoms with Crippen LogP contribution in [0, 0.1) is 0 Å². The second-order valence-electron chi connectivity index (χ2n) is 4.97. The van der Waals surface area contributed by atoms with Gasteiger partial charge < -0.3 is 10.6 Å². The number of nitrogens with one attached hydrogen (secondary N) is 2. The minimum Gasteiger partial charge on any atom is -0.338 e. The van der Waals surface area contributed by atoms with Crippen LogP contribution in [-0.4, -0.2) is 15.2 Å². The lowest BCUT2D eigenvalue weighted by molar-refractivity contribution is -0.137. The lowest BCUT2D eigenvalue weighted by Crippen LogP contribution is -2.06. The van der Waals surface area contributed by atoms with E-state index in [1.807, 2.05) is 0 Å². The zero-order chi connectivity index (χ0) is 17.9. The van der Waals surface area contributed by atoms with Crippen LogP contribution in [0.4, 0.5) is 36.3 Å². The fourth-order valence-electron chi connectivity index (χ4n) is 2.02. The summed E-state index contributed by atoms with van der Waals surface area (Å²) < 4.78 is 38.3. The van der Waals surface area contributed by atoms with Crippen LogP contribution in [0.25, 0.3) is 0 Å². The first-order chi connectivity index (χ1) is 11.9. The van der Waals surface area contributed by atoms with Gasteiger partial charge in [0.1, 0.15) is 0 Å². The first kappa shape index (κ1) is 17.0. The van der Waals surface area contributed by atoms with E-state index in [0.717, 1.165) is 12.1 Å². The highest BCUT2D eigenvalue weighted by molar-refractivity contribution is 6.33. The predicted molar refractivity (Wildman–Crippen MR) is 89.3 cm³/mol. The number of rotatable bonds is 4. The highest BCUT2D eigenvalue weighted by Crippen LogP contribution is 2.31. The summed E-state index contributed by atoms with van der Waals surface area (Å²) in [6.45, 7) is 0. The van der Waals surface area contributed by atoms with Gasteiger partial charge in [0.2, 0.25) is 5.95 Å². The van der Waals surface area contributed by atoms with E-state index in [-0.39, 0.29) is 11.6 Å². The monoisotopic (exact) mass is 365 g/mol. The summed E-state index contributed by atoms with van der Waals surface area (Å²) in [6.07, 6.45) is -3.05. The Labute approximate surface area is 145 Å². The molecule has 0 atom stereocenters. The summed E-state index contributed by atoms with van der Waals surface area (Å²) in [6, 6.07) is 11.8. The fourth-order valence-corrected chi connectivity index (χ4v) is 2.20. The summed E-state index contributed by atoms with van der Waals surface area (Å²) in [5.41, 5.74) is 0.0528. The van der Waals surface area contributed by atoms with Gasteiger partial charge in [0.05, 0.1) is 22.5 Å². The molecule has 0 aliphatic rings. The second kappa shape index (κ2) is 6.94. The zero-order valence-corrected chi connectivity index (χ0v) is 13.3. The van der Waals surface area contributed by atoms with Gasteiger partial charge in [-0.3, -0.25) is 0 Å². The Morgan fingerprint density at radius 2 is 1.76 bits per heavy atom. The van der Waals surface area contributed by atoms with E-state index in [2.05, 4.69) is 25.8 Å². The van der Waals surface area contributed by atoms with Crippen molar-refractivity contribution in [3.63, 3.8) is 0 Å². The Morgan fingerprint density at radius 1 is 0.960 bits per heavy atom. The van der Waals surface area contributed by atoms with E-state index in [1.165, 1.54) is 18.3 Å². The van der Waals surface area contributed by atoms with Crippen LogP contribution < -0.4 is 10.6 Å². The Morgan fingerprint density at radius 3 is 2.52 bits per heavy atom. The molecule has 0 spiro atoms. The molecule has 3 aromatic rings. The highest BCUT2D eigenvalue weighted by atomic mass is 35.5. The summed E-state index contributed by atoms with van der Waals surface area (Å²) >= 11 is 6.06. The van der Waals surface area contributed by atoms with Gasteiger partial charge in [-0.15, -0.1) is 5.10 Å². The second-order valence-corrected chi connectivity index (χ2v) is 5.38. The number of benzene rings is 2. The summed E-state index contributed by atoms with van der Waals surface area (Å²) in [5, 5.41) is 13.7. The molecule has 0 fully saturated rings. The van der Waals surface area contributed by atoms with Gasteiger partial charge in [-0.25, -0.2) is 0 Å². The predicted octanol–water partition coefficient (Wildman–Crippen LogP) is 5.03. The Balaban J connectivity index is 1.80. The minimum absolute atomic E-state index is 0.0522. The molecule has 0 saturated carbocycles. The van der Waals surface area contributed by atoms with E-state index in [4.69, 9.17) is 11.6 Å². The maximum Gasteiger partial charge on any atom is 0.416 e. The standard InChI is InChI=1S/C16H11ClF3N5/c17-12-6-1-2-7-13(12)23-14-9-21-25-15(24-14)22-11-5-3-4-10(8-11)16(18,19)20/h1-9H,(H2,22,23,24,25). The molecule has 1 aromatic heterocycles.